The molecule has 1 aromatic heterocycles. The van der Waals surface area contributed by atoms with E-state index < -0.39 is 5.43 Å². The highest BCUT2D eigenvalue weighted by atomic mass is 16.3. The summed E-state index contributed by atoms with van der Waals surface area (Å²) in [5.41, 5.74) is 0.236. The predicted molar refractivity (Wildman–Crippen MR) is 144 cm³/mol. The molecular weight excluding hydrogens is 472 g/mol. The highest BCUT2D eigenvalue weighted by molar-refractivity contribution is 6.06. The highest BCUT2D eigenvalue weighted by Crippen LogP contribution is 2.17. The van der Waals surface area contributed by atoms with Gasteiger partial charge in [-0.25, -0.2) is 4.98 Å². The number of amides is 1. The number of phenols is 1. The van der Waals surface area contributed by atoms with Gasteiger partial charge in [-0.1, -0.05) is 0 Å². The number of H-pyrrole nitrogens is 1. The molecule has 37 heavy (non-hydrogen) atoms. The van der Waals surface area contributed by atoms with Crippen molar-refractivity contribution in [1.29, 1.82) is 0 Å². The number of aromatic hydroxyl groups is 1. The second-order valence-electron chi connectivity index (χ2n) is 9.96. The molecule has 2 saturated heterocycles. The quantitative estimate of drug-likeness (QED) is 0.255. The van der Waals surface area contributed by atoms with Crippen molar-refractivity contribution >= 4 is 34.2 Å². The van der Waals surface area contributed by atoms with Crippen LogP contribution < -0.4 is 26.7 Å². The molecular formula is C27H34N6O4. The molecule has 0 bridgehead atoms. The summed E-state index contributed by atoms with van der Waals surface area (Å²) < 4.78 is 0. The molecule has 196 valence electrons. The first-order chi connectivity index (χ1) is 17.9. The number of rotatable bonds is 8. The average molecular weight is 507 g/mol. The molecule has 0 radical (unpaired) electrons. The number of likely N-dealkylation sites (tertiary alicyclic amines) is 2. The first-order valence-electron chi connectivity index (χ1n) is 13.1. The molecule has 10 heteroatoms. The van der Waals surface area contributed by atoms with Crippen LogP contribution in [0, 0.1) is 6.92 Å². The number of aromatic amines is 1. The summed E-state index contributed by atoms with van der Waals surface area (Å²) in [6, 6.07) is 2.78. The zero-order valence-electron chi connectivity index (χ0n) is 21.2. The molecule has 0 saturated carbocycles. The summed E-state index contributed by atoms with van der Waals surface area (Å²) in [4.78, 5) is 51.1. The SMILES string of the molecule is Cc1c(O)/c(=C\NCCN2CCCC2)c2nc3c(=O)ccc(C(=O)NCCN4CCCC4)c3[nH]c2c1=O. The minimum absolute atomic E-state index is 0.0501. The number of phenolic OH excluding ortho intramolecular Hbond substituents is 1. The van der Waals surface area contributed by atoms with Gasteiger partial charge in [0.1, 0.15) is 22.3 Å². The van der Waals surface area contributed by atoms with E-state index in [1.54, 1.807) is 13.1 Å². The topological polar surface area (TPSA) is 131 Å². The summed E-state index contributed by atoms with van der Waals surface area (Å²) in [5.74, 6) is -0.505. The van der Waals surface area contributed by atoms with E-state index in [9.17, 15) is 19.5 Å². The Balaban J connectivity index is 1.50. The van der Waals surface area contributed by atoms with E-state index in [1.165, 1.54) is 37.8 Å². The standard InChI is InChI=1S/C27H34N6O4/c1-17-25(35)19(16-28-8-14-32-10-2-3-11-32)22-24(26(17)36)31-21-18(6-7-20(34)23(21)30-22)27(37)29-9-15-33-12-4-5-13-33/h6-7,16,28,31,35H,2-5,8-15H2,1H3,(H,29,37)/b19-16-. The van der Waals surface area contributed by atoms with Crippen LogP contribution in [0.1, 0.15) is 41.6 Å². The Morgan fingerprint density at radius 1 is 1.00 bits per heavy atom. The molecule has 2 aliphatic rings. The van der Waals surface area contributed by atoms with Crippen molar-refractivity contribution < 1.29 is 9.90 Å². The fourth-order valence-electron chi connectivity index (χ4n) is 5.29. The van der Waals surface area contributed by atoms with Crippen molar-refractivity contribution in [3.8, 4) is 5.75 Å². The number of nitrogens with one attached hydrogen (secondary N) is 3. The molecule has 1 amide bonds. The number of benzene rings is 2. The number of fused-ring (bicyclic) bond motifs is 2. The maximum Gasteiger partial charge on any atom is 0.253 e. The third kappa shape index (κ3) is 5.17. The van der Waals surface area contributed by atoms with Crippen LogP contribution in [0.15, 0.2) is 21.7 Å². The lowest BCUT2D eigenvalue weighted by Gasteiger charge is -2.15. The monoisotopic (exact) mass is 506 g/mol. The molecule has 10 nitrogen and oxygen atoms in total. The zero-order valence-corrected chi connectivity index (χ0v) is 21.2. The van der Waals surface area contributed by atoms with Crippen LogP contribution in [-0.4, -0.2) is 83.1 Å². The molecule has 0 atom stereocenters. The number of carbonyl (C=O) groups excluding carboxylic acids is 1. The van der Waals surface area contributed by atoms with E-state index in [4.69, 9.17) is 0 Å². The molecule has 4 N–H and O–H groups in total. The fourth-order valence-corrected chi connectivity index (χ4v) is 5.29. The molecule has 2 fully saturated rings. The van der Waals surface area contributed by atoms with Crippen molar-refractivity contribution in [2.45, 2.75) is 32.6 Å². The van der Waals surface area contributed by atoms with Gasteiger partial charge in [0.15, 0.2) is 0 Å². The largest absolute Gasteiger partial charge is 0.507 e. The Bertz CT molecular complexity index is 1490. The Morgan fingerprint density at radius 2 is 1.65 bits per heavy atom. The maximum atomic E-state index is 13.1. The second-order valence-corrected chi connectivity index (χ2v) is 9.96. The first-order valence-corrected chi connectivity index (χ1v) is 13.1. The van der Waals surface area contributed by atoms with Crippen molar-refractivity contribution in [3.05, 3.63) is 48.9 Å². The van der Waals surface area contributed by atoms with Crippen LogP contribution in [0.3, 0.4) is 0 Å². The highest BCUT2D eigenvalue weighted by Gasteiger charge is 2.19. The van der Waals surface area contributed by atoms with Crippen LogP contribution in [0.2, 0.25) is 0 Å². The fraction of sp³-hybridized carbons (Fsp3) is 0.481. The predicted octanol–water partition coefficient (Wildman–Crippen LogP) is 0.418. The molecule has 0 spiro atoms. The zero-order chi connectivity index (χ0) is 25.9. The van der Waals surface area contributed by atoms with Gasteiger partial charge in [0.25, 0.3) is 5.91 Å². The molecule has 2 aromatic carbocycles. The molecule has 0 unspecified atom stereocenters. The average Bonchev–Trinajstić information content (AvgIpc) is 3.61. The molecule has 5 rings (SSSR count). The normalized spacial score (nSPS) is 17.3. The van der Waals surface area contributed by atoms with Gasteiger partial charge in [0.2, 0.25) is 10.9 Å². The van der Waals surface area contributed by atoms with E-state index in [0.29, 0.717) is 18.3 Å². The maximum absolute atomic E-state index is 13.1. The summed E-state index contributed by atoms with van der Waals surface area (Å²) in [6.07, 6.45) is 6.42. The van der Waals surface area contributed by atoms with Gasteiger partial charge >= 0.3 is 0 Å². The van der Waals surface area contributed by atoms with E-state index >= 15 is 0 Å². The number of hydrogen-bond acceptors (Lipinski definition) is 8. The summed E-state index contributed by atoms with van der Waals surface area (Å²) in [6.45, 7) is 8.60. The van der Waals surface area contributed by atoms with Gasteiger partial charge in [-0.2, -0.15) is 0 Å². The molecule has 3 aromatic rings. The molecule has 3 heterocycles. The van der Waals surface area contributed by atoms with Crippen LogP contribution in [-0.2, 0) is 0 Å². The molecule has 2 aliphatic heterocycles. The van der Waals surface area contributed by atoms with Gasteiger partial charge in [0.05, 0.1) is 16.3 Å². The van der Waals surface area contributed by atoms with E-state index in [2.05, 4.69) is 30.4 Å². The third-order valence-electron chi connectivity index (χ3n) is 7.46. The smallest absolute Gasteiger partial charge is 0.253 e. The lowest BCUT2D eigenvalue weighted by atomic mass is 10.1. The van der Waals surface area contributed by atoms with Crippen LogP contribution >= 0.6 is 0 Å². The van der Waals surface area contributed by atoms with Gasteiger partial charge < -0.3 is 30.5 Å². The lowest BCUT2D eigenvalue weighted by molar-refractivity contribution is 0.0951. The lowest BCUT2D eigenvalue weighted by Crippen LogP contribution is -2.34. The van der Waals surface area contributed by atoms with Crippen LogP contribution in [0.5, 0.6) is 5.75 Å². The van der Waals surface area contributed by atoms with Crippen molar-refractivity contribution in [2.75, 3.05) is 52.4 Å². The number of carbonyl (C=O) groups is 1. The van der Waals surface area contributed by atoms with E-state index in [-0.39, 0.29) is 50.3 Å². The molecule has 0 aliphatic carbocycles. The Hall–Kier alpha value is -3.50. The van der Waals surface area contributed by atoms with Gasteiger partial charge in [0, 0.05) is 37.9 Å². The Kier molecular flexibility index (Phi) is 7.38. The summed E-state index contributed by atoms with van der Waals surface area (Å²) >= 11 is 0. The van der Waals surface area contributed by atoms with Crippen molar-refractivity contribution in [1.82, 2.24) is 30.4 Å². The Morgan fingerprint density at radius 3 is 2.32 bits per heavy atom. The van der Waals surface area contributed by atoms with E-state index in [0.717, 1.165) is 39.3 Å². The number of aromatic nitrogens is 2. The minimum Gasteiger partial charge on any atom is -0.507 e. The second kappa shape index (κ2) is 10.9. The number of hydrogen-bond donors (Lipinski definition) is 4. The van der Waals surface area contributed by atoms with E-state index in [1.807, 2.05) is 0 Å². The van der Waals surface area contributed by atoms with Crippen LogP contribution in [0.4, 0.5) is 0 Å². The Labute approximate surface area is 214 Å². The van der Waals surface area contributed by atoms with Gasteiger partial charge in [-0.3, -0.25) is 14.4 Å². The number of nitrogens with zero attached hydrogens (tertiary/aromatic N) is 3. The van der Waals surface area contributed by atoms with Crippen LogP contribution in [0.25, 0.3) is 28.3 Å². The summed E-state index contributed by atoms with van der Waals surface area (Å²) in [7, 11) is 0. The summed E-state index contributed by atoms with van der Waals surface area (Å²) in [5, 5.41) is 17.3. The van der Waals surface area contributed by atoms with Gasteiger partial charge in [-0.05, 0) is 70.9 Å². The van der Waals surface area contributed by atoms with Crippen molar-refractivity contribution in [2.24, 2.45) is 0 Å². The first kappa shape index (κ1) is 25.2. The minimum atomic E-state index is -0.423. The third-order valence-corrected chi connectivity index (χ3v) is 7.46. The van der Waals surface area contributed by atoms with Gasteiger partial charge in [-0.15, -0.1) is 0 Å². The van der Waals surface area contributed by atoms with Crippen molar-refractivity contribution in [3.63, 3.8) is 0 Å².